The van der Waals surface area contributed by atoms with Crippen molar-refractivity contribution in [3.05, 3.63) is 0 Å². The summed E-state index contributed by atoms with van der Waals surface area (Å²) < 4.78 is 0. The summed E-state index contributed by atoms with van der Waals surface area (Å²) in [6.07, 6.45) is 1.01. The van der Waals surface area contributed by atoms with Gasteiger partial charge in [0.1, 0.15) is 0 Å². The van der Waals surface area contributed by atoms with Gasteiger partial charge in [-0.15, -0.1) is 0 Å². The molecule has 0 aromatic heterocycles. The van der Waals surface area contributed by atoms with E-state index in [1.54, 1.807) is 0 Å². The van der Waals surface area contributed by atoms with E-state index < -0.39 is 0 Å². The molecule has 0 aromatic rings. The number of carbonyl (C=O) groups excluding carboxylic acids is 1. The van der Waals surface area contributed by atoms with E-state index in [4.69, 9.17) is 4.84 Å². The molecule has 1 N–H and O–H groups in total. The fourth-order valence-corrected chi connectivity index (χ4v) is 1.04. The lowest BCUT2D eigenvalue weighted by Gasteiger charge is -2.06. The Hall–Kier alpha value is -0.570. The van der Waals surface area contributed by atoms with Crippen molar-refractivity contribution >= 4 is 5.91 Å². The molecule has 0 aromatic carbocycles. The van der Waals surface area contributed by atoms with Gasteiger partial charge in [0, 0.05) is 5.92 Å². The molecule has 2 unspecified atom stereocenters. The summed E-state index contributed by atoms with van der Waals surface area (Å²) in [6.45, 7) is 6.76. The minimum atomic E-state index is 0.0446. The van der Waals surface area contributed by atoms with E-state index >= 15 is 0 Å². The van der Waals surface area contributed by atoms with Gasteiger partial charge in [0.25, 0.3) is 0 Å². The van der Waals surface area contributed by atoms with Gasteiger partial charge in [0.2, 0.25) is 5.91 Å². The highest BCUT2D eigenvalue weighted by Crippen LogP contribution is 2.37. The minimum absolute atomic E-state index is 0.0446. The van der Waals surface area contributed by atoms with Gasteiger partial charge in [-0.1, -0.05) is 20.8 Å². The molecule has 0 radical (unpaired) electrons. The highest BCUT2D eigenvalue weighted by atomic mass is 16.7. The first-order valence-electron chi connectivity index (χ1n) is 4.53. The van der Waals surface area contributed by atoms with Gasteiger partial charge in [-0.3, -0.25) is 9.63 Å². The van der Waals surface area contributed by atoms with Gasteiger partial charge in [-0.2, -0.15) is 0 Å². The quantitative estimate of drug-likeness (QED) is 0.648. The monoisotopic (exact) mass is 171 g/mol. The molecule has 1 rings (SSSR count). The van der Waals surface area contributed by atoms with Crippen molar-refractivity contribution in [2.45, 2.75) is 27.2 Å². The Balaban J connectivity index is 2.03. The van der Waals surface area contributed by atoms with E-state index in [2.05, 4.69) is 12.4 Å². The molecule has 3 heteroatoms. The van der Waals surface area contributed by atoms with Crippen LogP contribution in [0.15, 0.2) is 0 Å². The number of carbonyl (C=O) groups is 1. The minimum Gasteiger partial charge on any atom is -0.273 e. The van der Waals surface area contributed by atoms with Crippen molar-refractivity contribution in [3.8, 4) is 0 Å². The zero-order chi connectivity index (χ0) is 9.14. The van der Waals surface area contributed by atoms with Crippen LogP contribution in [0.1, 0.15) is 27.2 Å². The second-order valence-electron chi connectivity index (χ2n) is 3.99. The summed E-state index contributed by atoms with van der Waals surface area (Å²) in [5, 5.41) is 0. The van der Waals surface area contributed by atoms with Crippen molar-refractivity contribution in [1.29, 1.82) is 0 Å². The summed E-state index contributed by atoms with van der Waals surface area (Å²) in [6, 6.07) is 0. The first kappa shape index (κ1) is 9.52. The smallest absolute Gasteiger partial charge is 0.246 e. The third-order valence-electron chi connectivity index (χ3n) is 2.04. The molecule has 0 aliphatic heterocycles. The number of hydrogen-bond donors (Lipinski definition) is 1. The topological polar surface area (TPSA) is 38.3 Å². The predicted molar refractivity (Wildman–Crippen MR) is 46.2 cm³/mol. The second kappa shape index (κ2) is 3.90. The van der Waals surface area contributed by atoms with Crippen molar-refractivity contribution in [2.24, 2.45) is 17.8 Å². The fourth-order valence-electron chi connectivity index (χ4n) is 1.04. The SMILES string of the molecule is CC(C)CONC(=O)C1CC1C. The van der Waals surface area contributed by atoms with Crippen molar-refractivity contribution in [3.63, 3.8) is 0 Å². The summed E-state index contributed by atoms with van der Waals surface area (Å²) >= 11 is 0. The zero-order valence-corrected chi connectivity index (χ0v) is 7.96. The van der Waals surface area contributed by atoms with Gasteiger partial charge in [0.05, 0.1) is 6.61 Å². The first-order valence-corrected chi connectivity index (χ1v) is 4.53. The molecule has 0 spiro atoms. The maximum absolute atomic E-state index is 11.2. The molecule has 3 nitrogen and oxygen atoms in total. The van der Waals surface area contributed by atoms with Gasteiger partial charge in [-0.25, -0.2) is 5.48 Å². The maximum Gasteiger partial charge on any atom is 0.246 e. The Bertz CT molecular complexity index is 168. The Morgan fingerprint density at radius 3 is 2.67 bits per heavy atom. The summed E-state index contributed by atoms with van der Waals surface area (Å²) in [5.74, 6) is 1.26. The Labute approximate surface area is 73.4 Å². The van der Waals surface area contributed by atoms with E-state index in [1.807, 2.05) is 13.8 Å². The Morgan fingerprint density at radius 1 is 1.67 bits per heavy atom. The number of rotatable bonds is 4. The second-order valence-corrected chi connectivity index (χ2v) is 3.99. The molecule has 1 saturated carbocycles. The molecular weight excluding hydrogens is 154 g/mol. The highest BCUT2D eigenvalue weighted by Gasteiger charge is 2.39. The number of hydroxylamine groups is 1. The Kier molecular flexibility index (Phi) is 3.09. The molecule has 1 fully saturated rings. The van der Waals surface area contributed by atoms with E-state index in [-0.39, 0.29) is 11.8 Å². The standard InChI is InChI=1S/C9H17NO2/c1-6(2)5-12-10-9(11)8-4-7(8)3/h6-8H,4-5H2,1-3H3,(H,10,11). The molecule has 12 heavy (non-hydrogen) atoms. The van der Waals surface area contributed by atoms with Crippen molar-refractivity contribution < 1.29 is 9.63 Å². The molecule has 1 amide bonds. The summed E-state index contributed by atoms with van der Waals surface area (Å²) in [7, 11) is 0. The van der Waals surface area contributed by atoms with Gasteiger partial charge >= 0.3 is 0 Å². The lowest BCUT2D eigenvalue weighted by molar-refractivity contribution is -0.136. The molecule has 1 aliphatic rings. The largest absolute Gasteiger partial charge is 0.273 e. The fraction of sp³-hybridized carbons (Fsp3) is 0.889. The van der Waals surface area contributed by atoms with Gasteiger partial charge in [-0.05, 0) is 18.3 Å². The van der Waals surface area contributed by atoms with Crippen molar-refractivity contribution in [2.75, 3.05) is 6.61 Å². The number of amides is 1. The average molecular weight is 171 g/mol. The van der Waals surface area contributed by atoms with Crippen LogP contribution in [0, 0.1) is 17.8 Å². The predicted octanol–water partition coefficient (Wildman–Crippen LogP) is 1.35. The highest BCUT2D eigenvalue weighted by molar-refractivity contribution is 5.80. The molecule has 0 saturated heterocycles. The molecule has 1 aliphatic carbocycles. The lowest BCUT2D eigenvalue weighted by Crippen LogP contribution is -2.27. The third-order valence-corrected chi connectivity index (χ3v) is 2.04. The summed E-state index contributed by atoms with van der Waals surface area (Å²) in [4.78, 5) is 16.2. The third kappa shape index (κ3) is 2.81. The van der Waals surface area contributed by atoms with Crippen LogP contribution in [-0.2, 0) is 9.63 Å². The van der Waals surface area contributed by atoms with Crippen LogP contribution < -0.4 is 5.48 Å². The zero-order valence-electron chi connectivity index (χ0n) is 7.96. The normalized spacial score (nSPS) is 27.3. The van der Waals surface area contributed by atoms with Crippen LogP contribution in [-0.4, -0.2) is 12.5 Å². The van der Waals surface area contributed by atoms with Crippen LogP contribution in [0.3, 0.4) is 0 Å². The molecular formula is C9H17NO2. The number of nitrogens with one attached hydrogen (secondary N) is 1. The molecule has 0 bridgehead atoms. The summed E-state index contributed by atoms with van der Waals surface area (Å²) in [5.41, 5.74) is 2.47. The van der Waals surface area contributed by atoms with Gasteiger partial charge in [0.15, 0.2) is 0 Å². The Morgan fingerprint density at radius 2 is 2.25 bits per heavy atom. The van der Waals surface area contributed by atoms with Crippen molar-refractivity contribution in [1.82, 2.24) is 5.48 Å². The van der Waals surface area contributed by atoms with E-state index in [0.29, 0.717) is 18.4 Å². The maximum atomic E-state index is 11.2. The van der Waals surface area contributed by atoms with Crippen LogP contribution in [0.4, 0.5) is 0 Å². The van der Waals surface area contributed by atoms with E-state index in [0.717, 1.165) is 6.42 Å². The van der Waals surface area contributed by atoms with Gasteiger partial charge < -0.3 is 0 Å². The lowest BCUT2D eigenvalue weighted by atomic mass is 10.2. The van der Waals surface area contributed by atoms with Crippen LogP contribution in [0.2, 0.25) is 0 Å². The molecule has 0 heterocycles. The van der Waals surface area contributed by atoms with Crippen LogP contribution in [0.5, 0.6) is 0 Å². The molecule has 70 valence electrons. The van der Waals surface area contributed by atoms with Crippen LogP contribution in [0.25, 0.3) is 0 Å². The average Bonchev–Trinajstić information content (AvgIpc) is 2.66. The van der Waals surface area contributed by atoms with E-state index in [1.165, 1.54) is 0 Å². The van der Waals surface area contributed by atoms with Crippen LogP contribution >= 0.6 is 0 Å². The molecule has 2 atom stereocenters. The first-order chi connectivity index (χ1) is 5.61. The number of hydrogen-bond acceptors (Lipinski definition) is 2. The van der Waals surface area contributed by atoms with E-state index in [9.17, 15) is 4.79 Å².